The highest BCUT2D eigenvalue weighted by Crippen LogP contribution is 2.19. The van der Waals surface area contributed by atoms with Gasteiger partial charge in [-0.05, 0) is 17.7 Å². The van der Waals surface area contributed by atoms with Crippen molar-refractivity contribution in [3.05, 3.63) is 65.7 Å². The van der Waals surface area contributed by atoms with Crippen molar-refractivity contribution in [2.45, 2.75) is 6.61 Å². The SMILES string of the molecule is [O]C(=O)c1ccccc1OCc1ccccc1. The van der Waals surface area contributed by atoms with Crippen molar-refractivity contribution in [3.8, 4) is 5.75 Å². The molecule has 85 valence electrons. The number of carbonyl (C=O) groups is 1. The zero-order chi connectivity index (χ0) is 12.1. The van der Waals surface area contributed by atoms with Gasteiger partial charge in [0.15, 0.2) is 0 Å². The van der Waals surface area contributed by atoms with Crippen LogP contribution in [0.5, 0.6) is 5.75 Å². The molecule has 0 bridgehead atoms. The van der Waals surface area contributed by atoms with Crippen molar-refractivity contribution in [2.24, 2.45) is 0 Å². The summed E-state index contributed by atoms with van der Waals surface area (Å²) in [5.41, 5.74) is 1.06. The fourth-order valence-corrected chi connectivity index (χ4v) is 1.50. The molecule has 0 spiro atoms. The number of rotatable bonds is 4. The summed E-state index contributed by atoms with van der Waals surface area (Å²) in [6, 6.07) is 16.0. The molecule has 0 saturated carbocycles. The van der Waals surface area contributed by atoms with Gasteiger partial charge in [0.2, 0.25) is 0 Å². The summed E-state index contributed by atoms with van der Waals surface area (Å²) in [5.74, 6) is -0.898. The number of hydrogen-bond donors (Lipinski definition) is 0. The van der Waals surface area contributed by atoms with Crippen molar-refractivity contribution < 1.29 is 14.6 Å². The van der Waals surface area contributed by atoms with Crippen molar-refractivity contribution in [3.63, 3.8) is 0 Å². The standard InChI is InChI=1S/C14H11O3/c15-14(16)12-8-4-5-9-13(12)17-10-11-6-2-1-3-7-11/h1-9H,10H2. The minimum absolute atomic E-state index is 0.0726. The lowest BCUT2D eigenvalue weighted by molar-refractivity contribution is 0.0568. The van der Waals surface area contributed by atoms with Gasteiger partial charge in [-0.3, -0.25) is 0 Å². The largest absolute Gasteiger partial charge is 0.488 e. The van der Waals surface area contributed by atoms with Gasteiger partial charge < -0.3 is 4.74 Å². The molecule has 17 heavy (non-hydrogen) atoms. The molecule has 0 amide bonds. The topological polar surface area (TPSA) is 46.2 Å². The molecule has 0 aliphatic rings. The highest BCUT2D eigenvalue weighted by molar-refractivity contribution is 5.90. The Labute approximate surface area is 99.3 Å². The summed E-state index contributed by atoms with van der Waals surface area (Å²) in [6.45, 7) is 0.338. The van der Waals surface area contributed by atoms with Crippen LogP contribution in [0.3, 0.4) is 0 Å². The van der Waals surface area contributed by atoms with Crippen LogP contribution in [0, 0.1) is 0 Å². The molecule has 0 fully saturated rings. The smallest absolute Gasteiger partial charge is 0.390 e. The van der Waals surface area contributed by atoms with E-state index in [2.05, 4.69) is 0 Å². The van der Waals surface area contributed by atoms with Crippen LogP contribution in [0.15, 0.2) is 54.6 Å². The predicted molar refractivity (Wildman–Crippen MR) is 62.2 cm³/mol. The molecule has 2 aromatic rings. The van der Waals surface area contributed by atoms with E-state index in [-0.39, 0.29) is 5.56 Å². The Morgan fingerprint density at radius 1 is 0.941 bits per heavy atom. The molecule has 0 N–H and O–H groups in total. The molecule has 1 radical (unpaired) electrons. The molecular formula is C14H11O3. The van der Waals surface area contributed by atoms with Gasteiger partial charge in [-0.15, -0.1) is 0 Å². The maximum atomic E-state index is 10.8. The Morgan fingerprint density at radius 2 is 1.59 bits per heavy atom. The Morgan fingerprint density at radius 3 is 2.29 bits per heavy atom. The van der Waals surface area contributed by atoms with Gasteiger partial charge >= 0.3 is 5.97 Å². The number of carbonyl (C=O) groups excluding carboxylic acids is 1. The molecule has 0 heterocycles. The Kier molecular flexibility index (Phi) is 3.40. The van der Waals surface area contributed by atoms with Gasteiger partial charge in [0, 0.05) is 0 Å². The van der Waals surface area contributed by atoms with Crippen LogP contribution in [-0.2, 0) is 11.7 Å². The predicted octanol–water partition coefficient (Wildman–Crippen LogP) is 2.84. The van der Waals surface area contributed by atoms with Crippen molar-refractivity contribution in [1.29, 1.82) is 0 Å². The minimum Gasteiger partial charge on any atom is -0.488 e. The van der Waals surface area contributed by atoms with Crippen LogP contribution in [-0.4, -0.2) is 5.97 Å². The zero-order valence-corrected chi connectivity index (χ0v) is 9.13. The minimum atomic E-state index is -1.23. The van der Waals surface area contributed by atoms with Crippen LogP contribution >= 0.6 is 0 Å². The second kappa shape index (κ2) is 5.16. The summed E-state index contributed by atoms with van der Waals surface area (Å²) >= 11 is 0. The van der Waals surface area contributed by atoms with E-state index in [1.807, 2.05) is 30.3 Å². The van der Waals surface area contributed by atoms with Gasteiger partial charge in [0.05, 0.1) is 0 Å². The fraction of sp³-hybridized carbons (Fsp3) is 0.0714. The van der Waals surface area contributed by atoms with Gasteiger partial charge in [-0.25, -0.2) is 9.90 Å². The summed E-state index contributed by atoms with van der Waals surface area (Å²) in [6.07, 6.45) is 0. The lowest BCUT2D eigenvalue weighted by Gasteiger charge is -2.08. The molecule has 3 nitrogen and oxygen atoms in total. The van der Waals surface area contributed by atoms with Gasteiger partial charge in [-0.2, -0.15) is 0 Å². The lowest BCUT2D eigenvalue weighted by atomic mass is 10.2. The van der Waals surface area contributed by atoms with Gasteiger partial charge in [0.25, 0.3) is 0 Å². The fourth-order valence-electron chi connectivity index (χ4n) is 1.50. The average Bonchev–Trinajstić information content (AvgIpc) is 2.38. The van der Waals surface area contributed by atoms with E-state index in [0.717, 1.165) is 5.56 Å². The first-order valence-electron chi connectivity index (χ1n) is 5.24. The van der Waals surface area contributed by atoms with Crippen LogP contribution in [0.4, 0.5) is 0 Å². The molecular weight excluding hydrogens is 216 g/mol. The van der Waals surface area contributed by atoms with E-state index < -0.39 is 5.97 Å². The third-order valence-electron chi connectivity index (χ3n) is 2.34. The maximum Gasteiger partial charge on any atom is 0.390 e. The maximum absolute atomic E-state index is 10.8. The van der Waals surface area contributed by atoms with Crippen LogP contribution in [0.2, 0.25) is 0 Å². The second-order valence-corrected chi connectivity index (χ2v) is 3.56. The normalized spacial score (nSPS) is 9.88. The van der Waals surface area contributed by atoms with Gasteiger partial charge in [0.1, 0.15) is 17.9 Å². The Hall–Kier alpha value is -2.29. The van der Waals surface area contributed by atoms with E-state index in [9.17, 15) is 9.90 Å². The van der Waals surface area contributed by atoms with Crippen molar-refractivity contribution >= 4 is 5.97 Å². The molecule has 3 heteroatoms. The summed E-state index contributed by atoms with van der Waals surface area (Å²) < 4.78 is 5.46. The van der Waals surface area contributed by atoms with Gasteiger partial charge in [-0.1, -0.05) is 42.5 Å². The first-order chi connectivity index (χ1) is 8.27. The van der Waals surface area contributed by atoms with E-state index >= 15 is 0 Å². The molecule has 2 rings (SSSR count). The number of benzene rings is 2. The number of hydrogen-bond acceptors (Lipinski definition) is 2. The first-order valence-corrected chi connectivity index (χ1v) is 5.24. The third-order valence-corrected chi connectivity index (χ3v) is 2.34. The highest BCUT2D eigenvalue weighted by Gasteiger charge is 2.11. The monoisotopic (exact) mass is 227 g/mol. The molecule has 0 atom stereocenters. The van der Waals surface area contributed by atoms with Crippen LogP contribution in [0.1, 0.15) is 15.9 Å². The van der Waals surface area contributed by atoms with Crippen LogP contribution in [0.25, 0.3) is 0 Å². The summed E-state index contributed by atoms with van der Waals surface area (Å²) in [7, 11) is 0. The average molecular weight is 227 g/mol. The van der Waals surface area contributed by atoms with E-state index in [4.69, 9.17) is 4.74 Å². The summed E-state index contributed by atoms with van der Waals surface area (Å²) in [5, 5.41) is 10.8. The molecule has 2 aromatic carbocycles. The van der Waals surface area contributed by atoms with Crippen molar-refractivity contribution in [1.82, 2.24) is 0 Å². The van der Waals surface area contributed by atoms with E-state index in [0.29, 0.717) is 12.4 Å². The lowest BCUT2D eigenvalue weighted by Crippen LogP contribution is -2.02. The molecule has 0 aliphatic carbocycles. The van der Waals surface area contributed by atoms with Crippen LogP contribution < -0.4 is 4.74 Å². The highest BCUT2D eigenvalue weighted by atomic mass is 16.5. The van der Waals surface area contributed by atoms with E-state index in [1.54, 1.807) is 18.2 Å². The molecule has 0 saturated heterocycles. The molecule has 0 aromatic heterocycles. The number of ether oxygens (including phenoxy) is 1. The second-order valence-electron chi connectivity index (χ2n) is 3.56. The zero-order valence-electron chi connectivity index (χ0n) is 9.13. The van der Waals surface area contributed by atoms with E-state index in [1.165, 1.54) is 6.07 Å². The first kappa shape index (κ1) is 11.2. The molecule has 0 unspecified atom stereocenters. The Balaban J connectivity index is 2.12. The third kappa shape index (κ3) is 2.84. The molecule has 0 aliphatic heterocycles. The van der Waals surface area contributed by atoms with Crippen molar-refractivity contribution in [2.75, 3.05) is 0 Å². The Bertz CT molecular complexity index is 506. The number of para-hydroxylation sites is 1. The quantitative estimate of drug-likeness (QED) is 0.806. The summed E-state index contributed by atoms with van der Waals surface area (Å²) in [4.78, 5) is 10.8.